The van der Waals surface area contributed by atoms with Gasteiger partial charge in [-0.3, -0.25) is 14.5 Å². The van der Waals surface area contributed by atoms with Crippen molar-refractivity contribution in [1.82, 2.24) is 10.2 Å². The van der Waals surface area contributed by atoms with Crippen LogP contribution in [0.15, 0.2) is 0 Å². The molecule has 0 aromatic heterocycles. The summed E-state index contributed by atoms with van der Waals surface area (Å²) in [4.78, 5) is 24.0. The van der Waals surface area contributed by atoms with Crippen LogP contribution in [-0.4, -0.2) is 61.8 Å². The zero-order valence-electron chi connectivity index (χ0n) is 10.9. The lowest BCUT2D eigenvalue weighted by atomic mass is 10.0. The Labute approximate surface area is 102 Å². The molecule has 0 aliphatic rings. The number of methoxy groups -OCH3 is 1. The fraction of sp³-hybridized carbons (Fsp3) is 0.818. The van der Waals surface area contributed by atoms with Crippen molar-refractivity contribution in [2.45, 2.75) is 19.9 Å². The van der Waals surface area contributed by atoms with Gasteiger partial charge in [-0.05, 0) is 13.0 Å². The number of hydrogen-bond acceptors (Lipinski definition) is 4. The topological polar surface area (TPSA) is 78.9 Å². The Morgan fingerprint density at radius 2 is 2.00 bits per heavy atom. The molecule has 6 nitrogen and oxygen atoms in total. The first-order valence-electron chi connectivity index (χ1n) is 5.58. The highest BCUT2D eigenvalue weighted by Gasteiger charge is 2.27. The van der Waals surface area contributed by atoms with Crippen LogP contribution in [0, 0.1) is 5.92 Å². The molecule has 0 aromatic rings. The zero-order valence-corrected chi connectivity index (χ0v) is 10.9. The van der Waals surface area contributed by atoms with Crippen LogP contribution in [-0.2, 0) is 14.3 Å². The van der Waals surface area contributed by atoms with Crippen LogP contribution >= 0.6 is 0 Å². The number of carboxylic acids is 1. The molecule has 0 saturated carbocycles. The molecule has 0 aliphatic carbocycles. The predicted octanol–water partition coefficient (Wildman–Crippen LogP) is -0.210. The van der Waals surface area contributed by atoms with Crippen molar-refractivity contribution in [2.75, 3.05) is 33.9 Å². The highest BCUT2D eigenvalue weighted by Crippen LogP contribution is 2.08. The van der Waals surface area contributed by atoms with E-state index in [1.54, 1.807) is 14.2 Å². The van der Waals surface area contributed by atoms with Gasteiger partial charge in [0.25, 0.3) is 0 Å². The lowest BCUT2D eigenvalue weighted by molar-refractivity contribution is -0.145. The van der Waals surface area contributed by atoms with E-state index in [1.807, 2.05) is 13.8 Å². The first kappa shape index (κ1) is 15.9. The van der Waals surface area contributed by atoms with E-state index in [-0.39, 0.29) is 18.4 Å². The van der Waals surface area contributed by atoms with Crippen LogP contribution in [0.2, 0.25) is 0 Å². The summed E-state index contributed by atoms with van der Waals surface area (Å²) in [6, 6.07) is -0.650. The Hall–Kier alpha value is -1.14. The molecule has 1 amide bonds. The molecule has 0 radical (unpaired) electrons. The third-order valence-electron chi connectivity index (χ3n) is 2.38. The maximum atomic E-state index is 11.5. The molecular weight excluding hydrogens is 224 g/mol. The number of ether oxygens (including phenoxy) is 1. The molecule has 0 aromatic carbocycles. The van der Waals surface area contributed by atoms with Crippen LogP contribution in [0.25, 0.3) is 0 Å². The van der Waals surface area contributed by atoms with E-state index in [4.69, 9.17) is 9.84 Å². The third-order valence-corrected chi connectivity index (χ3v) is 2.38. The normalized spacial score (nSPS) is 12.8. The highest BCUT2D eigenvalue weighted by atomic mass is 16.5. The van der Waals surface area contributed by atoms with Gasteiger partial charge in [0.2, 0.25) is 5.91 Å². The number of carboxylic acid groups (broad SMARTS) is 1. The summed E-state index contributed by atoms with van der Waals surface area (Å²) in [5.74, 6) is -1.16. The van der Waals surface area contributed by atoms with E-state index >= 15 is 0 Å². The van der Waals surface area contributed by atoms with Crippen LogP contribution in [0.5, 0.6) is 0 Å². The SMILES string of the molecule is COCCNC(=O)CN(C)C(C(=O)O)C(C)C. The summed E-state index contributed by atoms with van der Waals surface area (Å²) in [6.45, 7) is 4.58. The summed E-state index contributed by atoms with van der Waals surface area (Å²) in [7, 11) is 3.19. The van der Waals surface area contributed by atoms with Crippen molar-refractivity contribution in [3.8, 4) is 0 Å². The monoisotopic (exact) mass is 246 g/mol. The molecule has 100 valence electrons. The van der Waals surface area contributed by atoms with Crippen molar-refractivity contribution in [1.29, 1.82) is 0 Å². The lowest BCUT2D eigenvalue weighted by Crippen LogP contribution is -2.47. The highest BCUT2D eigenvalue weighted by molar-refractivity contribution is 5.79. The maximum Gasteiger partial charge on any atom is 0.321 e. The van der Waals surface area contributed by atoms with Gasteiger partial charge in [-0.2, -0.15) is 0 Å². The summed E-state index contributed by atoms with van der Waals surface area (Å²) >= 11 is 0. The number of rotatable bonds is 8. The molecular formula is C11H22N2O4. The molecule has 0 saturated heterocycles. The first-order chi connectivity index (χ1) is 7.90. The number of nitrogens with zero attached hydrogens (tertiary/aromatic N) is 1. The minimum Gasteiger partial charge on any atom is -0.480 e. The van der Waals surface area contributed by atoms with E-state index < -0.39 is 12.0 Å². The molecule has 17 heavy (non-hydrogen) atoms. The third kappa shape index (κ3) is 6.23. The van der Waals surface area contributed by atoms with Crippen molar-refractivity contribution in [3.63, 3.8) is 0 Å². The van der Waals surface area contributed by atoms with Gasteiger partial charge in [0.05, 0.1) is 13.2 Å². The van der Waals surface area contributed by atoms with E-state index in [0.29, 0.717) is 13.2 Å². The summed E-state index contributed by atoms with van der Waals surface area (Å²) in [5.41, 5.74) is 0. The number of hydrogen-bond donors (Lipinski definition) is 2. The van der Waals surface area contributed by atoms with Crippen molar-refractivity contribution in [3.05, 3.63) is 0 Å². The minimum atomic E-state index is -0.910. The molecule has 0 bridgehead atoms. The Morgan fingerprint density at radius 1 is 1.41 bits per heavy atom. The molecule has 2 N–H and O–H groups in total. The van der Waals surface area contributed by atoms with Gasteiger partial charge in [0, 0.05) is 13.7 Å². The second kappa shape index (κ2) is 8.03. The van der Waals surface area contributed by atoms with E-state index in [2.05, 4.69) is 5.32 Å². The molecule has 0 aliphatic heterocycles. The zero-order chi connectivity index (χ0) is 13.4. The fourth-order valence-electron chi connectivity index (χ4n) is 1.66. The standard InChI is InChI=1S/C11H22N2O4/c1-8(2)10(11(15)16)13(3)7-9(14)12-5-6-17-4/h8,10H,5-7H2,1-4H3,(H,12,14)(H,15,16). The Morgan fingerprint density at radius 3 is 2.41 bits per heavy atom. The molecule has 0 spiro atoms. The van der Waals surface area contributed by atoms with Gasteiger partial charge in [-0.1, -0.05) is 13.8 Å². The second-order valence-electron chi connectivity index (χ2n) is 4.28. The van der Waals surface area contributed by atoms with Gasteiger partial charge in [-0.25, -0.2) is 0 Å². The molecule has 0 rings (SSSR count). The summed E-state index contributed by atoms with van der Waals surface area (Å²) in [5, 5.41) is 11.7. The fourth-order valence-corrected chi connectivity index (χ4v) is 1.66. The van der Waals surface area contributed by atoms with Gasteiger partial charge < -0.3 is 15.2 Å². The Kier molecular flexibility index (Phi) is 7.49. The Bertz CT molecular complexity index is 256. The van der Waals surface area contributed by atoms with E-state index in [0.717, 1.165) is 0 Å². The van der Waals surface area contributed by atoms with Gasteiger partial charge >= 0.3 is 5.97 Å². The average molecular weight is 246 g/mol. The Balaban J connectivity index is 4.17. The average Bonchev–Trinajstić information content (AvgIpc) is 2.16. The van der Waals surface area contributed by atoms with Gasteiger partial charge in [0.15, 0.2) is 0 Å². The number of nitrogens with one attached hydrogen (secondary N) is 1. The number of aliphatic carboxylic acids is 1. The largest absolute Gasteiger partial charge is 0.480 e. The maximum absolute atomic E-state index is 11.5. The number of amides is 1. The quantitative estimate of drug-likeness (QED) is 0.579. The lowest BCUT2D eigenvalue weighted by Gasteiger charge is -2.26. The van der Waals surface area contributed by atoms with Crippen molar-refractivity contribution in [2.24, 2.45) is 5.92 Å². The summed E-state index contributed by atoms with van der Waals surface area (Å²) in [6.07, 6.45) is 0. The van der Waals surface area contributed by atoms with E-state index in [9.17, 15) is 9.59 Å². The van der Waals surface area contributed by atoms with Crippen molar-refractivity contribution >= 4 is 11.9 Å². The van der Waals surface area contributed by atoms with Crippen LogP contribution in [0.4, 0.5) is 0 Å². The molecule has 0 fully saturated rings. The van der Waals surface area contributed by atoms with Crippen LogP contribution in [0.3, 0.4) is 0 Å². The van der Waals surface area contributed by atoms with Gasteiger partial charge in [-0.15, -0.1) is 0 Å². The number of likely N-dealkylation sites (N-methyl/N-ethyl adjacent to an activating group) is 1. The number of carbonyl (C=O) groups excluding carboxylic acids is 1. The molecule has 1 atom stereocenters. The molecule has 1 unspecified atom stereocenters. The smallest absolute Gasteiger partial charge is 0.321 e. The van der Waals surface area contributed by atoms with Gasteiger partial charge in [0.1, 0.15) is 6.04 Å². The van der Waals surface area contributed by atoms with Crippen LogP contribution < -0.4 is 5.32 Å². The minimum absolute atomic E-state index is 0.0516. The predicted molar refractivity (Wildman–Crippen MR) is 63.8 cm³/mol. The van der Waals surface area contributed by atoms with E-state index in [1.165, 1.54) is 4.90 Å². The van der Waals surface area contributed by atoms with Crippen molar-refractivity contribution < 1.29 is 19.4 Å². The second-order valence-corrected chi connectivity index (χ2v) is 4.28. The number of carbonyl (C=O) groups is 2. The first-order valence-corrected chi connectivity index (χ1v) is 5.58. The summed E-state index contributed by atoms with van der Waals surface area (Å²) < 4.78 is 4.80. The molecule has 0 heterocycles. The molecule has 6 heteroatoms. The van der Waals surface area contributed by atoms with Crippen LogP contribution in [0.1, 0.15) is 13.8 Å².